The van der Waals surface area contributed by atoms with Crippen LogP contribution in [0.3, 0.4) is 0 Å². The van der Waals surface area contributed by atoms with E-state index < -0.39 is 11.6 Å². The second-order valence-electron chi connectivity index (χ2n) is 7.36. The van der Waals surface area contributed by atoms with Gasteiger partial charge in [-0.2, -0.15) is 0 Å². The highest BCUT2D eigenvalue weighted by Crippen LogP contribution is 2.39. The molecule has 6 heteroatoms. The smallest absolute Gasteiger partial charge is 0.170 e. The van der Waals surface area contributed by atoms with Crippen molar-refractivity contribution in [3.63, 3.8) is 0 Å². The number of fused-ring (bicyclic) bond motifs is 1. The zero-order valence-electron chi connectivity index (χ0n) is 15.6. The highest BCUT2D eigenvalue weighted by atomic mass is 35.5. The Kier molecular flexibility index (Phi) is 5.38. The molecule has 1 aliphatic rings. The molecule has 2 aromatic carbocycles. The molecule has 4 rings (SSSR count). The van der Waals surface area contributed by atoms with Crippen molar-refractivity contribution in [1.29, 1.82) is 0 Å². The molecule has 146 valence electrons. The molecule has 1 aromatic heterocycles. The summed E-state index contributed by atoms with van der Waals surface area (Å²) in [4.78, 5) is 4.43. The minimum Gasteiger partial charge on any atom is -0.504 e. The molecule has 0 bridgehead atoms. The molecule has 1 aliphatic carbocycles. The summed E-state index contributed by atoms with van der Waals surface area (Å²) in [6, 6.07) is 13.6. The number of rotatable bonds is 4. The van der Waals surface area contributed by atoms with E-state index >= 15 is 0 Å². The van der Waals surface area contributed by atoms with E-state index in [1.54, 1.807) is 12.3 Å². The summed E-state index contributed by atoms with van der Waals surface area (Å²) >= 11 is 6.06. The van der Waals surface area contributed by atoms with Gasteiger partial charge in [-0.3, -0.25) is 4.98 Å². The number of hydrogen-bond acceptors (Lipinski definition) is 4. The summed E-state index contributed by atoms with van der Waals surface area (Å²) in [5.41, 5.74) is 2.76. The highest BCUT2D eigenvalue weighted by Gasteiger charge is 2.32. The molecule has 0 spiro atoms. The summed E-state index contributed by atoms with van der Waals surface area (Å²) in [5, 5.41) is 17.8. The van der Waals surface area contributed by atoms with Crippen LogP contribution in [0.4, 0.5) is 10.1 Å². The second-order valence-corrected chi connectivity index (χ2v) is 7.77. The fraction of sp³-hybridized carbons (Fsp3) is 0.318. The van der Waals surface area contributed by atoms with Gasteiger partial charge in [-0.25, -0.2) is 4.39 Å². The standard InChI is InChI=1S/C22H23ClFN3O/c1-25-14-6-7-20(16(12-14)13-10-17(23)22(28)18(24)11-13)27-21-8-9-26-19-5-3-2-4-15(19)21/h2-5,8-11,14,16,20,25,28H,6-7,12H2,1H3,(H,26,27)/t14-,16?,20-/m1/s1. The lowest BCUT2D eigenvalue weighted by Gasteiger charge is -2.37. The minimum absolute atomic E-state index is 0.0506. The largest absolute Gasteiger partial charge is 0.504 e. The number of nitrogens with one attached hydrogen (secondary N) is 2. The van der Waals surface area contributed by atoms with E-state index in [1.165, 1.54) is 6.07 Å². The van der Waals surface area contributed by atoms with Gasteiger partial charge < -0.3 is 15.7 Å². The number of anilines is 1. The van der Waals surface area contributed by atoms with E-state index in [4.69, 9.17) is 11.6 Å². The van der Waals surface area contributed by atoms with E-state index in [2.05, 4.69) is 21.7 Å². The van der Waals surface area contributed by atoms with Crippen LogP contribution in [0.25, 0.3) is 10.9 Å². The van der Waals surface area contributed by atoms with Crippen LogP contribution in [0.1, 0.15) is 30.7 Å². The van der Waals surface area contributed by atoms with E-state index in [0.717, 1.165) is 41.4 Å². The molecule has 0 radical (unpaired) electrons. The molecule has 4 nitrogen and oxygen atoms in total. The van der Waals surface area contributed by atoms with E-state index in [-0.39, 0.29) is 17.0 Å². The maximum atomic E-state index is 14.2. The minimum atomic E-state index is -0.679. The fourth-order valence-corrected chi connectivity index (χ4v) is 4.41. The first-order valence-corrected chi connectivity index (χ1v) is 9.90. The van der Waals surface area contributed by atoms with Crippen molar-refractivity contribution in [1.82, 2.24) is 10.3 Å². The first-order valence-electron chi connectivity index (χ1n) is 9.52. The molecule has 3 N–H and O–H groups in total. The third kappa shape index (κ3) is 3.64. The summed E-state index contributed by atoms with van der Waals surface area (Å²) in [7, 11) is 1.95. The number of halogens is 2. The number of para-hydroxylation sites is 1. The summed E-state index contributed by atoms with van der Waals surface area (Å²) in [6.45, 7) is 0. The van der Waals surface area contributed by atoms with Gasteiger partial charge in [0.25, 0.3) is 0 Å². The molecule has 0 amide bonds. The van der Waals surface area contributed by atoms with Crippen molar-refractivity contribution in [2.75, 3.05) is 12.4 Å². The van der Waals surface area contributed by atoms with Gasteiger partial charge >= 0.3 is 0 Å². The monoisotopic (exact) mass is 399 g/mol. The number of pyridine rings is 1. The summed E-state index contributed by atoms with van der Waals surface area (Å²) in [6.07, 6.45) is 4.63. The molecule has 1 fully saturated rings. The molecule has 1 saturated carbocycles. The molecule has 3 atom stereocenters. The molecule has 1 unspecified atom stereocenters. The van der Waals surface area contributed by atoms with Crippen molar-refractivity contribution >= 4 is 28.2 Å². The highest BCUT2D eigenvalue weighted by molar-refractivity contribution is 6.32. The first kappa shape index (κ1) is 19.0. The number of benzene rings is 2. The van der Waals surface area contributed by atoms with Crippen molar-refractivity contribution < 1.29 is 9.50 Å². The van der Waals surface area contributed by atoms with Crippen LogP contribution < -0.4 is 10.6 Å². The Morgan fingerprint density at radius 1 is 1.18 bits per heavy atom. The van der Waals surface area contributed by atoms with Crippen LogP contribution >= 0.6 is 11.6 Å². The number of phenols is 1. The van der Waals surface area contributed by atoms with Crippen molar-refractivity contribution in [3.05, 3.63) is 65.1 Å². The van der Waals surface area contributed by atoms with Gasteiger partial charge in [0.2, 0.25) is 0 Å². The van der Waals surface area contributed by atoms with Crippen molar-refractivity contribution in [2.24, 2.45) is 0 Å². The summed E-state index contributed by atoms with van der Waals surface area (Å²) in [5.74, 6) is -1.11. The number of hydrogen-bond donors (Lipinski definition) is 3. The Hall–Kier alpha value is -2.37. The third-order valence-corrected chi connectivity index (χ3v) is 6.00. The average molecular weight is 400 g/mol. The number of phenolic OH excluding ortho intramolecular Hbond substituents is 1. The molecular formula is C22H23ClFN3O. The van der Waals surface area contributed by atoms with Crippen LogP contribution in [0.2, 0.25) is 5.02 Å². The van der Waals surface area contributed by atoms with Gasteiger partial charge in [-0.15, -0.1) is 0 Å². The van der Waals surface area contributed by atoms with Gasteiger partial charge in [0, 0.05) is 35.3 Å². The Bertz CT molecular complexity index is 968. The maximum absolute atomic E-state index is 14.2. The average Bonchev–Trinajstić information content (AvgIpc) is 2.72. The van der Waals surface area contributed by atoms with Crippen LogP contribution in [-0.2, 0) is 0 Å². The fourth-order valence-electron chi connectivity index (χ4n) is 4.19. The van der Waals surface area contributed by atoms with Gasteiger partial charge in [-0.05, 0) is 56.1 Å². The van der Waals surface area contributed by atoms with Crippen molar-refractivity contribution in [2.45, 2.75) is 37.3 Å². The topological polar surface area (TPSA) is 57.2 Å². The zero-order chi connectivity index (χ0) is 19.7. The second kappa shape index (κ2) is 7.94. The molecule has 0 aliphatic heterocycles. The number of nitrogens with zero attached hydrogens (tertiary/aromatic N) is 1. The van der Waals surface area contributed by atoms with Crippen LogP contribution in [-0.4, -0.2) is 29.2 Å². The van der Waals surface area contributed by atoms with E-state index in [0.29, 0.717) is 6.04 Å². The lowest BCUT2D eigenvalue weighted by molar-refractivity contribution is 0.330. The molecule has 0 saturated heterocycles. The molecule has 3 aromatic rings. The van der Waals surface area contributed by atoms with Crippen LogP contribution in [0.5, 0.6) is 5.75 Å². The molecular weight excluding hydrogens is 377 g/mol. The predicted molar refractivity (Wildman–Crippen MR) is 112 cm³/mol. The van der Waals surface area contributed by atoms with Gasteiger partial charge in [0.1, 0.15) is 0 Å². The van der Waals surface area contributed by atoms with Gasteiger partial charge in [-0.1, -0.05) is 29.8 Å². The maximum Gasteiger partial charge on any atom is 0.170 e. The van der Waals surface area contributed by atoms with Crippen molar-refractivity contribution in [3.8, 4) is 5.75 Å². The third-order valence-electron chi connectivity index (χ3n) is 5.72. The number of aromatic nitrogens is 1. The Balaban J connectivity index is 1.69. The molecule has 1 heterocycles. The Labute approximate surface area is 168 Å². The van der Waals surface area contributed by atoms with E-state index in [9.17, 15) is 9.50 Å². The van der Waals surface area contributed by atoms with Crippen LogP contribution in [0.15, 0.2) is 48.7 Å². The van der Waals surface area contributed by atoms with E-state index in [1.807, 2.05) is 31.3 Å². The Morgan fingerprint density at radius 2 is 2.00 bits per heavy atom. The van der Waals surface area contributed by atoms with Crippen LogP contribution in [0, 0.1) is 5.82 Å². The quantitative estimate of drug-likeness (QED) is 0.573. The van der Waals surface area contributed by atoms with Gasteiger partial charge in [0.15, 0.2) is 11.6 Å². The molecule has 28 heavy (non-hydrogen) atoms. The lowest BCUT2D eigenvalue weighted by Crippen LogP contribution is -2.40. The SMILES string of the molecule is CN[C@@H]1CC[C@@H](Nc2ccnc3ccccc23)C(c2cc(F)c(O)c(Cl)c2)C1. The summed E-state index contributed by atoms with van der Waals surface area (Å²) < 4.78 is 14.2. The number of aromatic hydroxyl groups is 1. The predicted octanol–water partition coefficient (Wildman–Crippen LogP) is 5.07. The Morgan fingerprint density at radius 3 is 2.79 bits per heavy atom. The van der Waals surface area contributed by atoms with Gasteiger partial charge in [0.05, 0.1) is 10.5 Å². The first-order chi connectivity index (χ1) is 13.6. The lowest BCUT2D eigenvalue weighted by atomic mass is 9.77. The normalized spacial score (nSPS) is 22.3. The zero-order valence-corrected chi connectivity index (χ0v) is 16.4.